The SMILES string of the molecule is CCC(O)c1ccn(Cc2cc(F)ccc2[N+](=O)[O-])c1. The van der Waals surface area contributed by atoms with E-state index in [0.717, 1.165) is 23.8 Å². The number of nitro groups is 1. The summed E-state index contributed by atoms with van der Waals surface area (Å²) in [7, 11) is 0. The predicted molar refractivity (Wildman–Crippen MR) is 71.8 cm³/mol. The molecular weight excluding hydrogens is 263 g/mol. The summed E-state index contributed by atoms with van der Waals surface area (Å²) in [6, 6.07) is 5.15. The van der Waals surface area contributed by atoms with Crippen LogP contribution in [-0.2, 0) is 6.54 Å². The Balaban J connectivity index is 2.27. The van der Waals surface area contributed by atoms with Gasteiger partial charge in [-0.1, -0.05) is 6.92 Å². The molecular formula is C14H15FN2O3. The molecule has 106 valence electrons. The molecule has 1 N–H and O–H groups in total. The molecule has 20 heavy (non-hydrogen) atoms. The first-order chi connectivity index (χ1) is 9.51. The highest BCUT2D eigenvalue weighted by molar-refractivity contribution is 5.40. The van der Waals surface area contributed by atoms with Gasteiger partial charge in [0.25, 0.3) is 5.69 Å². The fourth-order valence-electron chi connectivity index (χ4n) is 2.05. The number of hydrogen-bond donors (Lipinski definition) is 1. The van der Waals surface area contributed by atoms with Gasteiger partial charge in [-0.05, 0) is 30.2 Å². The van der Waals surface area contributed by atoms with Crippen molar-refractivity contribution in [2.24, 2.45) is 0 Å². The van der Waals surface area contributed by atoms with Crippen LogP contribution in [0.3, 0.4) is 0 Å². The van der Waals surface area contributed by atoms with Crippen molar-refractivity contribution in [2.75, 3.05) is 0 Å². The number of aliphatic hydroxyl groups is 1. The zero-order chi connectivity index (χ0) is 14.7. The van der Waals surface area contributed by atoms with E-state index in [2.05, 4.69) is 0 Å². The van der Waals surface area contributed by atoms with Gasteiger partial charge >= 0.3 is 0 Å². The molecule has 2 aromatic rings. The fraction of sp³-hybridized carbons (Fsp3) is 0.286. The zero-order valence-corrected chi connectivity index (χ0v) is 11.0. The van der Waals surface area contributed by atoms with Gasteiger partial charge in [0.1, 0.15) is 5.82 Å². The minimum Gasteiger partial charge on any atom is -0.388 e. The lowest BCUT2D eigenvalue weighted by molar-refractivity contribution is -0.385. The first kappa shape index (κ1) is 14.2. The Morgan fingerprint density at radius 1 is 1.45 bits per heavy atom. The van der Waals surface area contributed by atoms with Gasteiger partial charge in [0.2, 0.25) is 0 Å². The lowest BCUT2D eigenvalue weighted by Gasteiger charge is -2.06. The second kappa shape index (κ2) is 5.83. The molecule has 0 aliphatic rings. The molecule has 6 heteroatoms. The summed E-state index contributed by atoms with van der Waals surface area (Å²) in [5.41, 5.74) is 0.924. The Bertz CT molecular complexity index is 625. The Labute approximate surface area is 115 Å². The average Bonchev–Trinajstić information content (AvgIpc) is 2.86. The quantitative estimate of drug-likeness (QED) is 0.675. The number of nitrogens with zero attached hydrogens (tertiary/aromatic N) is 2. The molecule has 0 saturated carbocycles. The third-order valence-corrected chi connectivity index (χ3v) is 3.14. The van der Waals surface area contributed by atoms with Crippen LogP contribution >= 0.6 is 0 Å². The topological polar surface area (TPSA) is 68.3 Å². The molecule has 0 aliphatic heterocycles. The van der Waals surface area contributed by atoms with E-state index in [9.17, 15) is 19.6 Å². The summed E-state index contributed by atoms with van der Waals surface area (Å²) < 4.78 is 14.9. The van der Waals surface area contributed by atoms with Gasteiger partial charge in [-0.3, -0.25) is 10.1 Å². The Hall–Kier alpha value is -2.21. The molecule has 0 radical (unpaired) electrons. The highest BCUT2D eigenvalue weighted by Crippen LogP contribution is 2.22. The summed E-state index contributed by atoms with van der Waals surface area (Å²) in [6.45, 7) is 2.05. The van der Waals surface area contributed by atoms with E-state index in [1.807, 2.05) is 6.92 Å². The molecule has 2 rings (SSSR count). The molecule has 0 saturated heterocycles. The first-order valence-corrected chi connectivity index (χ1v) is 6.27. The van der Waals surface area contributed by atoms with Crippen molar-refractivity contribution in [1.82, 2.24) is 4.57 Å². The zero-order valence-electron chi connectivity index (χ0n) is 11.0. The summed E-state index contributed by atoms with van der Waals surface area (Å²) >= 11 is 0. The van der Waals surface area contributed by atoms with Crippen molar-refractivity contribution < 1.29 is 14.4 Å². The van der Waals surface area contributed by atoms with Crippen LogP contribution in [0.25, 0.3) is 0 Å². The molecule has 0 amide bonds. The second-order valence-corrected chi connectivity index (χ2v) is 4.57. The molecule has 5 nitrogen and oxygen atoms in total. The largest absolute Gasteiger partial charge is 0.388 e. The van der Waals surface area contributed by atoms with Gasteiger partial charge < -0.3 is 9.67 Å². The molecule has 0 bridgehead atoms. The highest BCUT2D eigenvalue weighted by Gasteiger charge is 2.15. The van der Waals surface area contributed by atoms with E-state index >= 15 is 0 Å². The number of halogens is 1. The van der Waals surface area contributed by atoms with E-state index in [1.165, 1.54) is 0 Å². The normalized spacial score (nSPS) is 12.3. The Morgan fingerprint density at radius 3 is 2.85 bits per heavy atom. The van der Waals surface area contributed by atoms with E-state index in [-0.39, 0.29) is 12.2 Å². The second-order valence-electron chi connectivity index (χ2n) is 4.57. The molecule has 0 spiro atoms. The van der Waals surface area contributed by atoms with Crippen LogP contribution in [0.2, 0.25) is 0 Å². The van der Waals surface area contributed by atoms with E-state index in [4.69, 9.17) is 0 Å². The predicted octanol–water partition coefficient (Wildman–Crippen LogP) is 3.03. The number of aliphatic hydroxyl groups excluding tert-OH is 1. The summed E-state index contributed by atoms with van der Waals surface area (Å²) in [4.78, 5) is 10.4. The Kier molecular flexibility index (Phi) is 4.14. The molecule has 1 aromatic carbocycles. The van der Waals surface area contributed by atoms with E-state index < -0.39 is 16.8 Å². The van der Waals surface area contributed by atoms with Gasteiger partial charge in [-0.25, -0.2) is 4.39 Å². The number of hydrogen-bond acceptors (Lipinski definition) is 3. The third kappa shape index (κ3) is 3.03. The first-order valence-electron chi connectivity index (χ1n) is 6.27. The fourth-order valence-corrected chi connectivity index (χ4v) is 2.05. The smallest absolute Gasteiger partial charge is 0.274 e. The maximum atomic E-state index is 13.2. The van der Waals surface area contributed by atoms with Gasteiger partial charge in [0.15, 0.2) is 0 Å². The number of benzene rings is 1. The summed E-state index contributed by atoms with van der Waals surface area (Å²) in [5, 5.41) is 20.6. The molecule has 1 unspecified atom stereocenters. The number of aromatic nitrogens is 1. The molecule has 1 heterocycles. The van der Waals surface area contributed by atoms with Crippen LogP contribution < -0.4 is 0 Å². The molecule has 0 fully saturated rings. The van der Waals surface area contributed by atoms with Crippen LogP contribution in [0.5, 0.6) is 0 Å². The minimum atomic E-state index is -0.557. The van der Waals surface area contributed by atoms with Crippen molar-refractivity contribution in [3.63, 3.8) is 0 Å². The van der Waals surface area contributed by atoms with Crippen molar-refractivity contribution in [3.8, 4) is 0 Å². The van der Waals surface area contributed by atoms with E-state index in [0.29, 0.717) is 12.0 Å². The lowest BCUT2D eigenvalue weighted by atomic mass is 10.1. The standard InChI is InChI=1S/C14H15FN2O3/c1-2-14(18)10-5-6-16(8-10)9-11-7-12(15)3-4-13(11)17(19)20/h3-8,14,18H,2,9H2,1H3. The average molecular weight is 278 g/mol. The molecule has 1 aromatic heterocycles. The minimum absolute atomic E-state index is 0.113. The number of nitro benzene ring substituents is 1. The van der Waals surface area contributed by atoms with Crippen molar-refractivity contribution in [3.05, 3.63) is 63.7 Å². The molecule has 1 atom stereocenters. The van der Waals surface area contributed by atoms with E-state index in [1.54, 1.807) is 23.0 Å². The van der Waals surface area contributed by atoms with Gasteiger partial charge in [-0.15, -0.1) is 0 Å². The van der Waals surface area contributed by atoms with Gasteiger partial charge in [0.05, 0.1) is 23.1 Å². The third-order valence-electron chi connectivity index (χ3n) is 3.14. The number of rotatable bonds is 5. The maximum absolute atomic E-state index is 13.2. The van der Waals surface area contributed by atoms with Crippen LogP contribution in [0.4, 0.5) is 10.1 Å². The van der Waals surface area contributed by atoms with Crippen LogP contribution in [0.1, 0.15) is 30.6 Å². The monoisotopic (exact) mass is 278 g/mol. The van der Waals surface area contributed by atoms with Gasteiger partial charge in [-0.2, -0.15) is 0 Å². The summed E-state index contributed by atoms with van der Waals surface area (Å²) in [5.74, 6) is -0.508. The van der Waals surface area contributed by atoms with Crippen LogP contribution in [0, 0.1) is 15.9 Å². The highest BCUT2D eigenvalue weighted by atomic mass is 19.1. The van der Waals surface area contributed by atoms with Crippen molar-refractivity contribution in [2.45, 2.75) is 26.0 Å². The lowest BCUT2D eigenvalue weighted by Crippen LogP contribution is -2.02. The van der Waals surface area contributed by atoms with Gasteiger partial charge in [0, 0.05) is 18.5 Å². The van der Waals surface area contributed by atoms with Crippen LogP contribution in [-0.4, -0.2) is 14.6 Å². The van der Waals surface area contributed by atoms with Crippen molar-refractivity contribution >= 4 is 5.69 Å². The summed E-state index contributed by atoms with van der Waals surface area (Å²) in [6.07, 6.45) is 3.45. The Morgan fingerprint density at radius 2 is 2.20 bits per heavy atom. The molecule has 0 aliphatic carbocycles. The van der Waals surface area contributed by atoms with Crippen molar-refractivity contribution in [1.29, 1.82) is 0 Å². The maximum Gasteiger partial charge on any atom is 0.274 e. The van der Waals surface area contributed by atoms with Crippen LogP contribution in [0.15, 0.2) is 36.7 Å².